The lowest BCUT2D eigenvalue weighted by Gasteiger charge is -2.42. The van der Waals surface area contributed by atoms with Crippen molar-refractivity contribution in [1.82, 2.24) is 49.7 Å². The number of hydrogen-bond acceptors (Lipinski definition) is 19. The van der Waals surface area contributed by atoms with Gasteiger partial charge in [0.1, 0.15) is 29.1 Å². The maximum absolute atomic E-state index is 12.8. The molecule has 0 radical (unpaired) electrons. The first kappa shape index (κ1) is 109. The molecule has 4 saturated heterocycles. The third-order valence-corrected chi connectivity index (χ3v) is 21.6. The molecule has 20 heteroatoms. The summed E-state index contributed by atoms with van der Waals surface area (Å²) in [6.45, 7) is 101. The monoisotopic (exact) mass is 1700 g/mol. The fraction of sp³-hybridized carbons (Fsp3) is 0.784. The van der Waals surface area contributed by atoms with Gasteiger partial charge in [-0.1, -0.05) is 122 Å². The molecule has 0 bridgehead atoms. The predicted molar refractivity (Wildman–Crippen MR) is 517 cm³/mol. The molecule has 3 aromatic heterocycles. The van der Waals surface area contributed by atoms with Gasteiger partial charge in [0.15, 0.2) is 0 Å². The number of nitrogens with one attached hydrogen (secondary N) is 1. The molecule has 1 amide bonds. The number of rotatable bonds is 19. The SMILES string of the molecule is CC(C)(C)CCOCCN1CCN(C(C)(C)C)CC1.CC(C)(C)COc1cccc(N2CCN(C(C)(C)C)CC2)n1.CC(C)(C)Cc1cccc(C(=O)N2CCN(C(C)(C)C)CC2)c1.CC(C)(C)NC1CC(Oc2ccc(OC(C)(C)C)cn2)C1.CC(C)(C)OCCOC1CC(N)C1.CC(C)(C)c1ccnc(N2CCN(C(C)(C)C)CC2)c1.CC(C)C. The predicted octanol–water partition coefficient (Wildman–Crippen LogP) is 19.9. The average molecular weight is 1710 g/mol. The van der Waals surface area contributed by atoms with E-state index in [0.717, 1.165) is 172 Å². The molecule has 0 atom stereocenters. The van der Waals surface area contributed by atoms with Crippen molar-refractivity contribution in [3.8, 4) is 17.5 Å². The maximum Gasteiger partial charge on any atom is 0.253 e. The Balaban J connectivity index is 0.000000306. The summed E-state index contributed by atoms with van der Waals surface area (Å²) < 4.78 is 34.3. The molecule has 1 aromatic carbocycles. The third-order valence-electron chi connectivity index (χ3n) is 21.6. The van der Waals surface area contributed by atoms with E-state index in [0.29, 0.717) is 54.8 Å². The van der Waals surface area contributed by atoms with Gasteiger partial charge in [0, 0.05) is 182 Å². The first-order valence-electron chi connectivity index (χ1n) is 46.7. The molecule has 7 heterocycles. The molecule has 700 valence electrons. The van der Waals surface area contributed by atoms with Crippen LogP contribution in [0.3, 0.4) is 0 Å². The zero-order valence-corrected chi connectivity index (χ0v) is 85.0. The normalized spacial score (nSPS) is 19.8. The van der Waals surface area contributed by atoms with Crippen LogP contribution in [0.1, 0.15) is 303 Å². The summed E-state index contributed by atoms with van der Waals surface area (Å²) in [5, 5.41) is 3.59. The largest absolute Gasteiger partial charge is 0.487 e. The quantitative estimate of drug-likeness (QED) is 0.0847. The molecule has 0 spiro atoms. The number of hydrogen-bond donors (Lipinski definition) is 2. The summed E-state index contributed by atoms with van der Waals surface area (Å²) in [7, 11) is 0. The molecule has 0 unspecified atom stereocenters. The van der Waals surface area contributed by atoms with Gasteiger partial charge in [-0.2, -0.15) is 4.98 Å². The van der Waals surface area contributed by atoms with Crippen LogP contribution < -0.4 is 35.1 Å². The zero-order chi connectivity index (χ0) is 92.3. The smallest absolute Gasteiger partial charge is 0.253 e. The van der Waals surface area contributed by atoms with Gasteiger partial charge in [-0.3, -0.25) is 29.3 Å². The number of ether oxygens (including phenoxy) is 6. The minimum Gasteiger partial charge on any atom is -0.487 e. The van der Waals surface area contributed by atoms with Crippen molar-refractivity contribution < 1.29 is 33.2 Å². The zero-order valence-electron chi connectivity index (χ0n) is 85.0. The van der Waals surface area contributed by atoms with E-state index in [-0.39, 0.29) is 61.6 Å². The van der Waals surface area contributed by atoms with Crippen LogP contribution in [0, 0.1) is 22.2 Å². The van der Waals surface area contributed by atoms with E-state index in [4.69, 9.17) is 34.2 Å². The Hall–Kier alpha value is -5.26. The highest BCUT2D eigenvalue weighted by atomic mass is 16.5. The van der Waals surface area contributed by atoms with Crippen LogP contribution in [0.5, 0.6) is 17.5 Å². The first-order chi connectivity index (χ1) is 55.9. The van der Waals surface area contributed by atoms with Gasteiger partial charge in [-0.25, -0.2) is 9.97 Å². The van der Waals surface area contributed by atoms with Crippen molar-refractivity contribution >= 4 is 17.5 Å². The number of carbonyl (C=O) groups excluding carboxylic acids is 1. The Kier molecular flexibility index (Phi) is 43.1. The number of piperazine rings is 4. The van der Waals surface area contributed by atoms with E-state index in [2.05, 4.69) is 293 Å². The summed E-state index contributed by atoms with van der Waals surface area (Å²) >= 11 is 0. The Morgan fingerprint density at radius 3 is 1.43 bits per heavy atom. The molecule has 2 saturated carbocycles. The number of carbonyl (C=O) groups is 1. The number of nitrogens with two attached hydrogens (primary N) is 1. The second kappa shape index (κ2) is 48.2. The summed E-state index contributed by atoms with van der Waals surface area (Å²) in [6.07, 6.45) is 10.6. The lowest BCUT2D eigenvalue weighted by atomic mass is 9.87. The second-order valence-corrected chi connectivity index (χ2v) is 47.2. The van der Waals surface area contributed by atoms with Crippen molar-refractivity contribution in [2.75, 3.05) is 154 Å². The van der Waals surface area contributed by atoms with Crippen LogP contribution in [-0.2, 0) is 26.0 Å². The average Bonchev–Trinajstić information content (AvgIpc) is 0.825. The van der Waals surface area contributed by atoms with Crippen molar-refractivity contribution in [3.63, 3.8) is 0 Å². The van der Waals surface area contributed by atoms with Crippen molar-refractivity contribution in [2.45, 2.75) is 356 Å². The van der Waals surface area contributed by atoms with Crippen LogP contribution in [-0.4, -0.2) is 258 Å². The lowest BCUT2D eigenvalue weighted by Crippen LogP contribution is -2.54. The van der Waals surface area contributed by atoms with Gasteiger partial charge in [-0.15, -0.1) is 0 Å². The standard InChI is InChI=1S/C20H32N2O.C18H31N3O.C17H29N3.C17H28N2O2.C16H34N2O.C10H21NO2.C4H10/c1-19(2,3)15-16-8-7-9-17(14-16)18(23)21-10-12-22(13-11-21)20(4,5)6;1-17(2,3)14-22-16-9-7-8-15(19-16)20-10-12-21(13-11-20)18(4,5)6;1-16(2,3)14-7-8-18-15(13-14)19-9-11-20(12-10-19)17(4,5)6;1-16(2,3)19-12-9-14(10-12)20-15-8-7-13(11-18-15)21-17(4,5)6;1-15(2,3)7-13-19-14-12-17-8-10-18(11-9-17)16(4,5)6;1-10(2,3)13-5-4-12-9-6-8(11)7-9;1-4(2)3/h7-9,14H,10-13,15H2,1-6H3;7-9H,10-14H2,1-6H3;7-8,13H,9-12H2,1-6H3;7-8,11-12,14,19H,9-10H2,1-6H3;7-14H2,1-6H3;8-9H,4-7,11H2,1-3H3;4H,1-3H3. The van der Waals surface area contributed by atoms with E-state index in [1.54, 1.807) is 6.20 Å². The van der Waals surface area contributed by atoms with Crippen molar-refractivity contribution in [2.24, 2.45) is 27.9 Å². The van der Waals surface area contributed by atoms with Crippen molar-refractivity contribution in [3.05, 3.63) is 95.8 Å². The Bertz CT molecular complexity index is 3520. The van der Waals surface area contributed by atoms with Gasteiger partial charge < -0.3 is 54.2 Å². The maximum atomic E-state index is 12.8. The molecule has 6 aliphatic rings. The van der Waals surface area contributed by atoms with Gasteiger partial charge in [0.05, 0.1) is 44.3 Å². The highest BCUT2D eigenvalue weighted by Crippen LogP contribution is 2.32. The second-order valence-electron chi connectivity index (χ2n) is 47.2. The van der Waals surface area contributed by atoms with E-state index < -0.39 is 0 Å². The number of nitrogens with zero attached hydrogens (tertiary/aromatic N) is 11. The van der Waals surface area contributed by atoms with Crippen LogP contribution in [0.4, 0.5) is 11.6 Å². The Labute approximate surface area is 748 Å². The topological polar surface area (TPSA) is 175 Å². The fourth-order valence-electron chi connectivity index (χ4n) is 14.4. The van der Waals surface area contributed by atoms with E-state index in [1.165, 1.54) is 37.3 Å². The van der Waals surface area contributed by atoms with Crippen LogP contribution in [0.2, 0.25) is 0 Å². The minimum atomic E-state index is -0.204. The minimum absolute atomic E-state index is 0.0562. The number of anilines is 2. The Morgan fingerprint density at radius 2 is 0.992 bits per heavy atom. The molecule has 4 aromatic rings. The first-order valence-corrected chi connectivity index (χ1v) is 46.7. The molecular formula is C102H185N13O7. The third kappa shape index (κ3) is 46.5. The van der Waals surface area contributed by atoms with Gasteiger partial charge >= 0.3 is 0 Å². The van der Waals surface area contributed by atoms with Gasteiger partial charge in [0.2, 0.25) is 11.8 Å². The Morgan fingerprint density at radius 1 is 0.492 bits per heavy atom. The summed E-state index contributed by atoms with van der Waals surface area (Å²) in [5.74, 6) is 5.34. The number of aromatic nitrogens is 3. The van der Waals surface area contributed by atoms with E-state index in [1.807, 2.05) is 89.0 Å². The molecule has 4 aliphatic heterocycles. The molecule has 2 aliphatic carbocycles. The van der Waals surface area contributed by atoms with E-state index >= 15 is 0 Å². The molecule has 20 nitrogen and oxygen atoms in total. The summed E-state index contributed by atoms with van der Waals surface area (Å²) in [6, 6.07) is 23.3. The number of pyridine rings is 3. The van der Waals surface area contributed by atoms with Crippen molar-refractivity contribution in [1.29, 1.82) is 0 Å². The summed E-state index contributed by atoms with van der Waals surface area (Å²) in [5.41, 5.74) is 10.9. The fourth-order valence-corrected chi connectivity index (χ4v) is 14.4. The van der Waals surface area contributed by atoms with E-state index in [9.17, 15) is 4.79 Å². The lowest BCUT2D eigenvalue weighted by molar-refractivity contribution is -0.0708. The molecule has 10 rings (SSSR count). The van der Waals surface area contributed by atoms with Crippen LogP contribution in [0.25, 0.3) is 0 Å². The molecule has 3 N–H and O–H groups in total. The number of amides is 1. The van der Waals surface area contributed by atoms with Crippen LogP contribution >= 0.6 is 0 Å². The highest BCUT2D eigenvalue weighted by Gasteiger charge is 2.36. The van der Waals surface area contributed by atoms with Crippen LogP contribution in [0.15, 0.2) is 79.1 Å². The molecule has 6 fully saturated rings. The molecular weight excluding hydrogens is 1520 g/mol. The summed E-state index contributed by atoms with van der Waals surface area (Å²) in [4.78, 5) is 45.7. The van der Waals surface area contributed by atoms with Gasteiger partial charge in [0.25, 0.3) is 5.91 Å². The molecule has 122 heavy (non-hydrogen) atoms. The number of benzene rings is 1. The van der Waals surface area contributed by atoms with Gasteiger partial charge in [-0.05, 0) is 259 Å². The highest BCUT2D eigenvalue weighted by molar-refractivity contribution is 5.94.